The number of rotatable bonds is 8. The minimum absolute atomic E-state index is 0.0590. The fourth-order valence-corrected chi connectivity index (χ4v) is 2.01. The van der Waals surface area contributed by atoms with Crippen LogP contribution in [0.5, 0.6) is 0 Å². The molecule has 0 aromatic rings. The Hall–Kier alpha value is -0.750. The number of carbonyl (C=O) groups is 1. The molecule has 0 aliphatic carbocycles. The Labute approximate surface area is 106 Å². The zero-order valence-corrected chi connectivity index (χ0v) is 10.6. The molecule has 1 amide bonds. The number of ether oxygens (including phenoxy) is 1. The lowest BCUT2D eigenvalue weighted by molar-refractivity contribution is -0.122. The molecule has 0 unspecified atom stereocenters. The second-order valence-electron chi connectivity index (χ2n) is 4.55. The molecule has 1 rings (SSSR count). The van der Waals surface area contributed by atoms with E-state index < -0.39 is 13.0 Å². The summed E-state index contributed by atoms with van der Waals surface area (Å²) >= 11 is 0. The van der Waals surface area contributed by atoms with Crippen LogP contribution in [-0.2, 0) is 9.53 Å². The predicted molar refractivity (Wildman–Crippen MR) is 64.7 cm³/mol. The van der Waals surface area contributed by atoms with Crippen LogP contribution in [0.4, 0.5) is 8.78 Å². The highest BCUT2D eigenvalue weighted by molar-refractivity contribution is 5.75. The molecule has 1 aliphatic heterocycles. The van der Waals surface area contributed by atoms with Gasteiger partial charge in [-0.2, -0.15) is 0 Å². The Morgan fingerprint density at radius 3 is 2.78 bits per heavy atom. The summed E-state index contributed by atoms with van der Waals surface area (Å²) in [6, 6.07) is 0. The molecule has 0 spiro atoms. The second-order valence-corrected chi connectivity index (χ2v) is 4.55. The van der Waals surface area contributed by atoms with Crippen molar-refractivity contribution >= 4 is 5.91 Å². The highest BCUT2D eigenvalue weighted by Crippen LogP contribution is 2.14. The Bertz CT molecular complexity index is 234. The standard InChI is InChI=1S/C12H22F2N2O2/c13-11(14)9-18-8-4-12(17)16-7-3-10-1-5-15-6-2-10/h10-11,15H,1-9H2,(H,16,17). The van der Waals surface area contributed by atoms with Gasteiger partial charge in [0.05, 0.1) is 6.61 Å². The maximum absolute atomic E-state index is 11.7. The van der Waals surface area contributed by atoms with Gasteiger partial charge in [-0.05, 0) is 38.3 Å². The van der Waals surface area contributed by atoms with Gasteiger partial charge in [-0.15, -0.1) is 0 Å². The molecule has 4 nitrogen and oxygen atoms in total. The molecular formula is C12H22F2N2O2. The zero-order valence-electron chi connectivity index (χ0n) is 10.6. The van der Waals surface area contributed by atoms with Crippen molar-refractivity contribution in [1.82, 2.24) is 10.6 Å². The van der Waals surface area contributed by atoms with Crippen molar-refractivity contribution in [3.63, 3.8) is 0 Å². The van der Waals surface area contributed by atoms with E-state index in [2.05, 4.69) is 15.4 Å². The third-order valence-electron chi connectivity index (χ3n) is 3.05. The number of amides is 1. The van der Waals surface area contributed by atoms with Gasteiger partial charge >= 0.3 is 0 Å². The van der Waals surface area contributed by atoms with E-state index in [9.17, 15) is 13.6 Å². The number of hydrogen-bond donors (Lipinski definition) is 2. The van der Waals surface area contributed by atoms with Crippen LogP contribution in [0.1, 0.15) is 25.7 Å². The van der Waals surface area contributed by atoms with Gasteiger partial charge in [-0.25, -0.2) is 8.78 Å². The van der Waals surface area contributed by atoms with Crippen LogP contribution in [0.3, 0.4) is 0 Å². The fraction of sp³-hybridized carbons (Fsp3) is 0.917. The van der Waals surface area contributed by atoms with Gasteiger partial charge in [0, 0.05) is 13.0 Å². The van der Waals surface area contributed by atoms with Crippen LogP contribution in [-0.4, -0.2) is 45.2 Å². The maximum atomic E-state index is 11.7. The summed E-state index contributed by atoms with van der Waals surface area (Å²) in [5, 5.41) is 6.08. The van der Waals surface area contributed by atoms with Gasteiger partial charge in [-0.3, -0.25) is 4.79 Å². The summed E-state index contributed by atoms with van der Waals surface area (Å²) in [4.78, 5) is 11.3. The molecule has 0 aromatic carbocycles. The quantitative estimate of drug-likeness (QED) is 0.647. The molecular weight excluding hydrogens is 242 g/mol. The van der Waals surface area contributed by atoms with Crippen LogP contribution < -0.4 is 10.6 Å². The maximum Gasteiger partial charge on any atom is 0.261 e. The SMILES string of the molecule is O=C(CCOCC(F)F)NCCC1CCNCC1. The van der Waals surface area contributed by atoms with E-state index >= 15 is 0 Å². The summed E-state index contributed by atoms with van der Waals surface area (Å²) in [6.07, 6.45) is 0.998. The van der Waals surface area contributed by atoms with E-state index in [0.717, 1.165) is 32.4 Å². The summed E-state index contributed by atoms with van der Waals surface area (Å²) < 4.78 is 28.1. The Kier molecular flexibility index (Phi) is 7.84. The lowest BCUT2D eigenvalue weighted by Gasteiger charge is -2.22. The molecule has 6 heteroatoms. The summed E-state index contributed by atoms with van der Waals surface area (Å²) in [5.41, 5.74) is 0. The highest BCUT2D eigenvalue weighted by atomic mass is 19.3. The zero-order chi connectivity index (χ0) is 13.2. The molecule has 0 atom stereocenters. The first-order valence-electron chi connectivity index (χ1n) is 6.52. The van der Waals surface area contributed by atoms with Gasteiger partial charge in [0.2, 0.25) is 5.91 Å². The van der Waals surface area contributed by atoms with E-state index in [1.165, 1.54) is 0 Å². The monoisotopic (exact) mass is 264 g/mol. The third kappa shape index (κ3) is 7.55. The summed E-state index contributed by atoms with van der Waals surface area (Å²) in [7, 11) is 0. The Morgan fingerprint density at radius 2 is 2.11 bits per heavy atom. The van der Waals surface area contributed by atoms with Crippen molar-refractivity contribution in [3.05, 3.63) is 0 Å². The molecule has 1 fully saturated rings. The summed E-state index contributed by atoms with van der Waals surface area (Å²) in [5.74, 6) is 0.555. The van der Waals surface area contributed by atoms with E-state index in [0.29, 0.717) is 12.5 Å². The molecule has 0 radical (unpaired) electrons. The molecule has 106 valence electrons. The average molecular weight is 264 g/mol. The Balaban J connectivity index is 1.92. The Morgan fingerprint density at radius 1 is 1.39 bits per heavy atom. The van der Waals surface area contributed by atoms with Crippen LogP contribution in [0, 0.1) is 5.92 Å². The molecule has 0 bridgehead atoms. The molecule has 1 heterocycles. The van der Waals surface area contributed by atoms with Crippen molar-refractivity contribution in [2.24, 2.45) is 5.92 Å². The topological polar surface area (TPSA) is 50.4 Å². The van der Waals surface area contributed by atoms with Crippen molar-refractivity contribution in [2.75, 3.05) is 32.8 Å². The number of piperidine rings is 1. The largest absolute Gasteiger partial charge is 0.375 e. The van der Waals surface area contributed by atoms with E-state index in [-0.39, 0.29) is 18.9 Å². The normalized spacial score (nSPS) is 17.1. The molecule has 1 aliphatic rings. The molecule has 0 saturated carbocycles. The smallest absolute Gasteiger partial charge is 0.261 e. The van der Waals surface area contributed by atoms with Crippen LogP contribution >= 0.6 is 0 Å². The van der Waals surface area contributed by atoms with Crippen LogP contribution in [0.25, 0.3) is 0 Å². The molecule has 2 N–H and O–H groups in total. The van der Waals surface area contributed by atoms with Gasteiger partial charge < -0.3 is 15.4 Å². The van der Waals surface area contributed by atoms with Gasteiger partial charge in [0.25, 0.3) is 6.43 Å². The van der Waals surface area contributed by atoms with E-state index in [1.54, 1.807) is 0 Å². The number of halogens is 2. The van der Waals surface area contributed by atoms with Crippen molar-refractivity contribution in [3.8, 4) is 0 Å². The van der Waals surface area contributed by atoms with E-state index in [4.69, 9.17) is 0 Å². The molecule has 0 aromatic heterocycles. The highest BCUT2D eigenvalue weighted by Gasteiger charge is 2.12. The average Bonchev–Trinajstić information content (AvgIpc) is 2.36. The van der Waals surface area contributed by atoms with Crippen LogP contribution in [0.2, 0.25) is 0 Å². The number of carbonyl (C=O) groups excluding carboxylic acids is 1. The van der Waals surface area contributed by atoms with Gasteiger partial charge in [0.15, 0.2) is 0 Å². The molecule has 18 heavy (non-hydrogen) atoms. The minimum Gasteiger partial charge on any atom is -0.375 e. The number of nitrogens with one attached hydrogen (secondary N) is 2. The van der Waals surface area contributed by atoms with Gasteiger partial charge in [-0.1, -0.05) is 0 Å². The van der Waals surface area contributed by atoms with E-state index in [1.807, 2.05) is 0 Å². The van der Waals surface area contributed by atoms with Crippen molar-refractivity contribution < 1.29 is 18.3 Å². The minimum atomic E-state index is -2.46. The van der Waals surface area contributed by atoms with Crippen LogP contribution in [0.15, 0.2) is 0 Å². The predicted octanol–water partition coefficient (Wildman–Crippen LogP) is 1.16. The molecule has 1 saturated heterocycles. The number of alkyl halides is 2. The first kappa shape index (κ1) is 15.3. The first-order valence-corrected chi connectivity index (χ1v) is 6.52. The second kappa shape index (κ2) is 9.22. The van der Waals surface area contributed by atoms with Gasteiger partial charge in [0.1, 0.15) is 6.61 Å². The summed E-state index contributed by atoms with van der Waals surface area (Å²) in [6.45, 7) is 2.24. The fourth-order valence-electron chi connectivity index (χ4n) is 2.01. The van der Waals surface area contributed by atoms with Crippen molar-refractivity contribution in [1.29, 1.82) is 0 Å². The number of hydrogen-bond acceptors (Lipinski definition) is 3. The third-order valence-corrected chi connectivity index (χ3v) is 3.05. The lowest BCUT2D eigenvalue weighted by Crippen LogP contribution is -2.31. The lowest BCUT2D eigenvalue weighted by atomic mass is 9.95. The van der Waals surface area contributed by atoms with Crippen molar-refractivity contribution in [2.45, 2.75) is 32.1 Å². The first-order chi connectivity index (χ1) is 8.68.